The Labute approximate surface area is 94.7 Å². The van der Waals surface area contributed by atoms with Gasteiger partial charge in [0.2, 0.25) is 5.91 Å². The van der Waals surface area contributed by atoms with Crippen LogP contribution in [0, 0.1) is 0 Å². The van der Waals surface area contributed by atoms with Crippen LogP contribution in [0.25, 0.3) is 0 Å². The van der Waals surface area contributed by atoms with Gasteiger partial charge in [-0.3, -0.25) is 4.79 Å². The fourth-order valence-corrected chi connectivity index (χ4v) is 3.12. The molecule has 0 radical (unpaired) electrons. The molecular formula is C12H17NOS. The molecule has 1 aliphatic carbocycles. The lowest BCUT2D eigenvalue weighted by molar-refractivity contribution is -0.122. The molecule has 1 heterocycles. The van der Waals surface area contributed by atoms with Gasteiger partial charge in [0, 0.05) is 11.4 Å². The van der Waals surface area contributed by atoms with Crippen molar-refractivity contribution in [3.63, 3.8) is 0 Å². The van der Waals surface area contributed by atoms with Gasteiger partial charge in [-0.2, -0.15) is 0 Å². The fourth-order valence-electron chi connectivity index (χ4n) is 2.13. The van der Waals surface area contributed by atoms with Crippen LogP contribution in [0.3, 0.4) is 0 Å². The monoisotopic (exact) mass is 223 g/mol. The summed E-state index contributed by atoms with van der Waals surface area (Å²) in [5.74, 6) is 0.336. The molecule has 1 aliphatic rings. The molecule has 82 valence electrons. The average molecular weight is 223 g/mol. The number of hydrogen-bond donors (Lipinski definition) is 1. The van der Waals surface area contributed by atoms with Crippen molar-refractivity contribution < 1.29 is 4.79 Å². The summed E-state index contributed by atoms with van der Waals surface area (Å²) in [6, 6.07) is 2.12. The Morgan fingerprint density at radius 3 is 3.33 bits per heavy atom. The second-order valence-electron chi connectivity index (χ2n) is 4.03. The molecule has 15 heavy (non-hydrogen) atoms. The molecule has 1 N–H and O–H groups in total. The van der Waals surface area contributed by atoms with E-state index in [-0.39, 0.29) is 11.8 Å². The topological polar surface area (TPSA) is 29.1 Å². The minimum atomic E-state index is 0.117. The van der Waals surface area contributed by atoms with Gasteiger partial charge in [-0.15, -0.1) is 11.3 Å². The van der Waals surface area contributed by atoms with Crippen LogP contribution in [0.15, 0.2) is 11.4 Å². The van der Waals surface area contributed by atoms with Gasteiger partial charge in [-0.25, -0.2) is 0 Å². The summed E-state index contributed by atoms with van der Waals surface area (Å²) in [4.78, 5) is 13.3. The van der Waals surface area contributed by atoms with Crippen LogP contribution in [0.1, 0.15) is 42.5 Å². The number of thiophene rings is 1. The van der Waals surface area contributed by atoms with Crippen molar-refractivity contribution in [3.8, 4) is 0 Å². The highest BCUT2D eigenvalue weighted by molar-refractivity contribution is 7.10. The number of amides is 1. The van der Waals surface area contributed by atoms with Crippen LogP contribution in [0.2, 0.25) is 0 Å². The predicted molar refractivity (Wildman–Crippen MR) is 63.3 cm³/mol. The third-order valence-electron chi connectivity index (χ3n) is 2.92. The number of carbonyl (C=O) groups is 1. The van der Waals surface area contributed by atoms with Gasteiger partial charge in [-0.1, -0.05) is 6.92 Å². The third kappa shape index (κ3) is 2.23. The SMILES string of the molecule is CCCNC(=O)C1CCCc2sccc21. The van der Waals surface area contributed by atoms with Crippen molar-refractivity contribution >= 4 is 17.2 Å². The zero-order valence-corrected chi connectivity index (χ0v) is 9.90. The number of fused-ring (bicyclic) bond motifs is 1. The normalized spacial score (nSPS) is 19.7. The molecule has 0 aromatic carbocycles. The maximum atomic E-state index is 11.9. The Hall–Kier alpha value is -0.830. The standard InChI is InChI=1S/C12H17NOS/c1-2-7-13-12(14)10-4-3-5-11-9(10)6-8-15-11/h6,8,10H,2-5,7H2,1H3,(H,13,14). The van der Waals surface area contributed by atoms with E-state index in [1.807, 2.05) is 0 Å². The van der Waals surface area contributed by atoms with Crippen molar-refractivity contribution in [2.45, 2.75) is 38.5 Å². The van der Waals surface area contributed by atoms with Crippen molar-refractivity contribution in [2.24, 2.45) is 0 Å². The summed E-state index contributed by atoms with van der Waals surface area (Å²) >= 11 is 1.79. The largest absolute Gasteiger partial charge is 0.356 e. The molecule has 1 atom stereocenters. The molecule has 0 spiro atoms. The lowest BCUT2D eigenvalue weighted by Crippen LogP contribution is -2.31. The van der Waals surface area contributed by atoms with Crippen LogP contribution in [-0.2, 0) is 11.2 Å². The first-order chi connectivity index (χ1) is 7.33. The van der Waals surface area contributed by atoms with Gasteiger partial charge in [0.1, 0.15) is 0 Å². The molecule has 0 saturated heterocycles. The van der Waals surface area contributed by atoms with Crippen molar-refractivity contribution in [1.82, 2.24) is 5.32 Å². The molecule has 0 bridgehead atoms. The zero-order chi connectivity index (χ0) is 10.7. The van der Waals surface area contributed by atoms with Crippen molar-refractivity contribution in [2.75, 3.05) is 6.54 Å². The van der Waals surface area contributed by atoms with Crippen LogP contribution >= 0.6 is 11.3 Å². The van der Waals surface area contributed by atoms with Gasteiger partial charge in [0.15, 0.2) is 0 Å². The van der Waals surface area contributed by atoms with E-state index in [4.69, 9.17) is 0 Å². The Morgan fingerprint density at radius 1 is 1.67 bits per heavy atom. The summed E-state index contributed by atoms with van der Waals surface area (Å²) in [7, 11) is 0. The summed E-state index contributed by atoms with van der Waals surface area (Å²) in [6.45, 7) is 2.88. The zero-order valence-electron chi connectivity index (χ0n) is 9.08. The Bertz CT molecular complexity index is 345. The van der Waals surface area contributed by atoms with Crippen LogP contribution in [-0.4, -0.2) is 12.5 Å². The lowest BCUT2D eigenvalue weighted by Gasteiger charge is -2.21. The average Bonchev–Trinajstić information content (AvgIpc) is 2.73. The quantitative estimate of drug-likeness (QED) is 0.838. The number of carbonyl (C=O) groups excluding carboxylic acids is 1. The summed E-state index contributed by atoms with van der Waals surface area (Å²) in [5.41, 5.74) is 1.28. The first-order valence-corrected chi connectivity index (χ1v) is 6.55. The highest BCUT2D eigenvalue weighted by atomic mass is 32.1. The molecule has 1 aromatic heterocycles. The molecule has 1 amide bonds. The predicted octanol–water partition coefficient (Wildman–Crippen LogP) is 2.69. The number of aryl methyl sites for hydroxylation is 1. The number of nitrogens with one attached hydrogen (secondary N) is 1. The minimum Gasteiger partial charge on any atom is -0.356 e. The summed E-state index contributed by atoms with van der Waals surface area (Å²) < 4.78 is 0. The summed E-state index contributed by atoms with van der Waals surface area (Å²) in [6.07, 6.45) is 4.33. The second kappa shape index (κ2) is 4.79. The van der Waals surface area contributed by atoms with E-state index < -0.39 is 0 Å². The van der Waals surface area contributed by atoms with Gasteiger partial charge in [0.05, 0.1) is 5.92 Å². The molecule has 1 unspecified atom stereocenters. The molecule has 2 nitrogen and oxygen atoms in total. The van der Waals surface area contributed by atoms with Crippen LogP contribution in [0.4, 0.5) is 0 Å². The van der Waals surface area contributed by atoms with Gasteiger partial charge < -0.3 is 5.32 Å². The van der Waals surface area contributed by atoms with Gasteiger partial charge in [0.25, 0.3) is 0 Å². The number of rotatable bonds is 3. The van der Waals surface area contributed by atoms with E-state index in [9.17, 15) is 4.79 Å². The molecule has 3 heteroatoms. The first-order valence-electron chi connectivity index (χ1n) is 5.67. The second-order valence-corrected chi connectivity index (χ2v) is 5.04. The van der Waals surface area contributed by atoms with Crippen molar-refractivity contribution in [1.29, 1.82) is 0 Å². The maximum Gasteiger partial charge on any atom is 0.227 e. The van der Waals surface area contributed by atoms with E-state index in [0.717, 1.165) is 32.2 Å². The van der Waals surface area contributed by atoms with E-state index in [2.05, 4.69) is 23.7 Å². The Morgan fingerprint density at radius 2 is 2.53 bits per heavy atom. The van der Waals surface area contributed by atoms with Gasteiger partial charge in [-0.05, 0) is 42.7 Å². The smallest absolute Gasteiger partial charge is 0.227 e. The first kappa shape index (κ1) is 10.7. The molecule has 1 aromatic rings. The third-order valence-corrected chi connectivity index (χ3v) is 3.91. The molecule has 2 rings (SSSR count). The molecule has 0 fully saturated rings. The van der Waals surface area contributed by atoms with Crippen molar-refractivity contribution in [3.05, 3.63) is 21.9 Å². The highest BCUT2D eigenvalue weighted by Gasteiger charge is 2.26. The van der Waals surface area contributed by atoms with Crippen LogP contribution < -0.4 is 5.32 Å². The van der Waals surface area contributed by atoms with E-state index in [1.54, 1.807) is 11.3 Å². The Balaban J connectivity index is 2.08. The highest BCUT2D eigenvalue weighted by Crippen LogP contribution is 2.34. The molecule has 0 saturated carbocycles. The van der Waals surface area contributed by atoms with E-state index in [0.29, 0.717) is 0 Å². The minimum absolute atomic E-state index is 0.117. The van der Waals surface area contributed by atoms with Crippen LogP contribution in [0.5, 0.6) is 0 Å². The molecular weight excluding hydrogens is 206 g/mol. The van der Waals surface area contributed by atoms with Gasteiger partial charge >= 0.3 is 0 Å². The molecule has 0 aliphatic heterocycles. The Kier molecular flexibility index (Phi) is 3.41. The lowest BCUT2D eigenvalue weighted by atomic mass is 9.87. The number of hydrogen-bond acceptors (Lipinski definition) is 2. The van der Waals surface area contributed by atoms with E-state index >= 15 is 0 Å². The van der Waals surface area contributed by atoms with E-state index in [1.165, 1.54) is 10.4 Å². The fraction of sp³-hybridized carbons (Fsp3) is 0.583. The maximum absolute atomic E-state index is 11.9. The summed E-state index contributed by atoms with van der Waals surface area (Å²) in [5, 5.41) is 5.11.